The first-order chi connectivity index (χ1) is 14.6. The van der Waals surface area contributed by atoms with Crippen molar-refractivity contribution < 1.29 is 4.39 Å². The van der Waals surface area contributed by atoms with Crippen LogP contribution in [0.2, 0.25) is 0 Å². The monoisotopic (exact) mass is 406 g/mol. The summed E-state index contributed by atoms with van der Waals surface area (Å²) in [7, 11) is 0. The highest BCUT2D eigenvalue weighted by Crippen LogP contribution is 2.29. The van der Waals surface area contributed by atoms with Gasteiger partial charge in [0.15, 0.2) is 5.82 Å². The third kappa shape index (κ3) is 5.53. The SMILES string of the molecule is C=C(Nc1ccccn1)N(CCCCCC)c1nc(-c2cncc(F)c2)ccc1N. The standard InChI is InChI=1S/C23H27FN6/c1-3-4-5-8-13-30(17(2)28-22-9-6-7-12-27-22)23-20(25)10-11-21(29-23)18-14-19(24)16-26-15-18/h6-7,9-12,14-16H,2-5,8,13,25H2,1H3,(H,27,28). The van der Waals surface area contributed by atoms with Gasteiger partial charge in [0.1, 0.15) is 17.5 Å². The average Bonchev–Trinajstić information content (AvgIpc) is 2.75. The fourth-order valence-electron chi connectivity index (χ4n) is 3.11. The van der Waals surface area contributed by atoms with E-state index in [1.807, 2.05) is 23.1 Å². The van der Waals surface area contributed by atoms with Crippen LogP contribution >= 0.6 is 0 Å². The van der Waals surface area contributed by atoms with Crippen LogP contribution in [0.4, 0.5) is 21.7 Å². The van der Waals surface area contributed by atoms with E-state index in [1.165, 1.54) is 12.3 Å². The first-order valence-corrected chi connectivity index (χ1v) is 10.1. The summed E-state index contributed by atoms with van der Waals surface area (Å²) in [6, 6.07) is 10.6. The van der Waals surface area contributed by atoms with Crippen LogP contribution in [0.3, 0.4) is 0 Å². The van der Waals surface area contributed by atoms with Gasteiger partial charge in [-0.05, 0) is 36.8 Å². The number of nitrogens with two attached hydrogens (primary N) is 1. The lowest BCUT2D eigenvalue weighted by atomic mass is 10.1. The molecule has 0 unspecified atom stereocenters. The van der Waals surface area contributed by atoms with Crippen molar-refractivity contribution >= 4 is 17.3 Å². The third-order valence-corrected chi connectivity index (χ3v) is 4.66. The number of rotatable bonds is 10. The van der Waals surface area contributed by atoms with Gasteiger partial charge in [-0.25, -0.2) is 14.4 Å². The van der Waals surface area contributed by atoms with Crippen molar-refractivity contribution in [2.45, 2.75) is 32.6 Å². The minimum Gasteiger partial charge on any atom is -0.396 e. The minimum atomic E-state index is -0.412. The summed E-state index contributed by atoms with van der Waals surface area (Å²) in [5.41, 5.74) is 7.98. The molecule has 3 heterocycles. The molecule has 0 aliphatic heterocycles. The molecule has 0 saturated carbocycles. The smallest absolute Gasteiger partial charge is 0.158 e. The zero-order chi connectivity index (χ0) is 21.3. The molecule has 30 heavy (non-hydrogen) atoms. The number of halogens is 1. The summed E-state index contributed by atoms with van der Waals surface area (Å²) in [4.78, 5) is 14.9. The van der Waals surface area contributed by atoms with E-state index in [4.69, 9.17) is 10.7 Å². The molecule has 3 rings (SSSR count). The zero-order valence-corrected chi connectivity index (χ0v) is 17.2. The normalized spacial score (nSPS) is 10.6. The second-order valence-corrected chi connectivity index (χ2v) is 7.00. The maximum absolute atomic E-state index is 13.6. The number of nitrogens with zero attached hydrogens (tertiary/aromatic N) is 4. The minimum absolute atomic E-state index is 0.412. The fraction of sp³-hybridized carbons (Fsp3) is 0.261. The van der Waals surface area contributed by atoms with Gasteiger partial charge >= 0.3 is 0 Å². The lowest BCUT2D eigenvalue weighted by molar-refractivity contribution is 0.622. The van der Waals surface area contributed by atoms with Gasteiger partial charge in [-0.3, -0.25) is 4.98 Å². The zero-order valence-electron chi connectivity index (χ0n) is 17.2. The highest BCUT2D eigenvalue weighted by molar-refractivity contribution is 5.72. The summed E-state index contributed by atoms with van der Waals surface area (Å²) >= 11 is 0. The lowest BCUT2D eigenvalue weighted by Crippen LogP contribution is -2.29. The van der Waals surface area contributed by atoms with Crippen LogP contribution in [-0.4, -0.2) is 21.5 Å². The van der Waals surface area contributed by atoms with Crippen LogP contribution in [0.5, 0.6) is 0 Å². The number of unbranched alkanes of at least 4 members (excludes halogenated alkanes) is 3. The summed E-state index contributed by atoms with van der Waals surface area (Å²) < 4.78 is 13.6. The molecule has 0 fully saturated rings. The Labute approximate surface area is 176 Å². The van der Waals surface area contributed by atoms with Crippen LogP contribution in [0.1, 0.15) is 32.6 Å². The second kappa shape index (κ2) is 10.3. The molecule has 0 radical (unpaired) electrons. The van der Waals surface area contributed by atoms with Gasteiger partial charge in [0, 0.05) is 24.5 Å². The Kier molecular flexibility index (Phi) is 7.32. The van der Waals surface area contributed by atoms with Crippen molar-refractivity contribution in [3.05, 3.63) is 73.2 Å². The van der Waals surface area contributed by atoms with Crippen LogP contribution in [0.15, 0.2) is 67.4 Å². The van der Waals surface area contributed by atoms with Crippen LogP contribution < -0.4 is 16.0 Å². The quantitative estimate of drug-likeness (QED) is 0.449. The van der Waals surface area contributed by atoms with E-state index in [-0.39, 0.29) is 0 Å². The Morgan fingerprint density at radius 2 is 2.03 bits per heavy atom. The molecule has 7 heteroatoms. The second-order valence-electron chi connectivity index (χ2n) is 7.00. The van der Waals surface area contributed by atoms with Crippen molar-refractivity contribution in [2.75, 3.05) is 22.5 Å². The van der Waals surface area contributed by atoms with E-state index in [0.717, 1.165) is 25.7 Å². The van der Waals surface area contributed by atoms with Gasteiger partial charge < -0.3 is 16.0 Å². The Morgan fingerprint density at radius 3 is 2.77 bits per heavy atom. The molecule has 3 aromatic rings. The van der Waals surface area contributed by atoms with Gasteiger partial charge in [0.2, 0.25) is 0 Å². The number of nitrogens with one attached hydrogen (secondary N) is 1. The molecule has 0 aliphatic carbocycles. The Hall–Kier alpha value is -3.48. The van der Waals surface area contributed by atoms with Crippen molar-refractivity contribution in [1.82, 2.24) is 15.0 Å². The van der Waals surface area contributed by atoms with Crippen molar-refractivity contribution in [3.8, 4) is 11.3 Å². The van der Waals surface area contributed by atoms with Crippen molar-refractivity contribution in [2.24, 2.45) is 0 Å². The topological polar surface area (TPSA) is 80.0 Å². The van der Waals surface area contributed by atoms with Gasteiger partial charge in [0.05, 0.1) is 17.6 Å². The highest BCUT2D eigenvalue weighted by Gasteiger charge is 2.17. The van der Waals surface area contributed by atoms with Crippen LogP contribution in [0.25, 0.3) is 11.3 Å². The maximum atomic E-state index is 13.6. The van der Waals surface area contributed by atoms with E-state index >= 15 is 0 Å². The Morgan fingerprint density at radius 1 is 1.17 bits per heavy atom. The molecule has 0 aliphatic rings. The molecular weight excluding hydrogens is 379 g/mol. The maximum Gasteiger partial charge on any atom is 0.158 e. The summed E-state index contributed by atoms with van der Waals surface area (Å²) in [6.07, 6.45) is 8.83. The summed E-state index contributed by atoms with van der Waals surface area (Å²) in [5.74, 6) is 1.47. The molecule has 0 amide bonds. The van der Waals surface area contributed by atoms with Crippen LogP contribution in [0, 0.1) is 5.82 Å². The van der Waals surface area contributed by atoms with E-state index in [1.54, 1.807) is 24.5 Å². The molecule has 156 valence electrons. The molecule has 0 aromatic carbocycles. The molecule has 3 N–H and O–H groups in total. The molecule has 6 nitrogen and oxygen atoms in total. The fourth-order valence-corrected chi connectivity index (χ4v) is 3.11. The number of anilines is 3. The number of hydrogen-bond donors (Lipinski definition) is 2. The van der Waals surface area contributed by atoms with Gasteiger partial charge in [-0.2, -0.15) is 0 Å². The highest BCUT2D eigenvalue weighted by atomic mass is 19.1. The van der Waals surface area contributed by atoms with E-state index in [9.17, 15) is 4.39 Å². The van der Waals surface area contributed by atoms with E-state index < -0.39 is 5.82 Å². The summed E-state index contributed by atoms with van der Waals surface area (Å²) in [5, 5.41) is 3.23. The van der Waals surface area contributed by atoms with Crippen molar-refractivity contribution in [3.63, 3.8) is 0 Å². The van der Waals surface area contributed by atoms with E-state index in [0.29, 0.717) is 40.9 Å². The molecule has 0 atom stereocenters. The molecule has 0 spiro atoms. The van der Waals surface area contributed by atoms with Gasteiger partial charge in [-0.15, -0.1) is 0 Å². The number of pyridine rings is 3. The summed E-state index contributed by atoms with van der Waals surface area (Å²) in [6.45, 7) is 7.06. The third-order valence-electron chi connectivity index (χ3n) is 4.66. The number of hydrogen-bond acceptors (Lipinski definition) is 6. The Balaban J connectivity index is 1.91. The van der Waals surface area contributed by atoms with Gasteiger partial charge in [0.25, 0.3) is 0 Å². The largest absolute Gasteiger partial charge is 0.396 e. The van der Waals surface area contributed by atoms with Crippen LogP contribution in [-0.2, 0) is 0 Å². The molecule has 0 saturated heterocycles. The first-order valence-electron chi connectivity index (χ1n) is 10.1. The molecule has 0 bridgehead atoms. The molecular formula is C23H27FN6. The average molecular weight is 407 g/mol. The van der Waals surface area contributed by atoms with Crippen molar-refractivity contribution in [1.29, 1.82) is 0 Å². The predicted octanol–water partition coefficient (Wildman–Crippen LogP) is 5.23. The number of aromatic nitrogens is 3. The van der Waals surface area contributed by atoms with E-state index in [2.05, 4.69) is 28.8 Å². The molecule has 3 aromatic heterocycles. The Bertz CT molecular complexity index is 976. The van der Waals surface area contributed by atoms with Gasteiger partial charge in [-0.1, -0.05) is 38.8 Å². The first kappa shape index (κ1) is 21.2. The number of nitrogen functional groups attached to an aromatic ring is 1. The predicted molar refractivity (Wildman–Crippen MR) is 120 cm³/mol. The lowest BCUT2D eigenvalue weighted by Gasteiger charge is -2.28.